The van der Waals surface area contributed by atoms with E-state index in [-0.39, 0.29) is 23.8 Å². The number of alkyl halides is 2. The first kappa shape index (κ1) is 17.8. The minimum Gasteiger partial charge on any atom is -0.462 e. The highest BCUT2D eigenvalue weighted by molar-refractivity contribution is 6.50. The van der Waals surface area contributed by atoms with Crippen molar-refractivity contribution < 1.29 is 19.2 Å². The summed E-state index contributed by atoms with van der Waals surface area (Å²) in [6, 6.07) is 3.96. The molecule has 0 aliphatic heterocycles. The Morgan fingerprint density at radius 2 is 2.22 bits per heavy atom. The van der Waals surface area contributed by atoms with Gasteiger partial charge in [-0.3, -0.25) is 10.1 Å². The van der Waals surface area contributed by atoms with Gasteiger partial charge in [-0.1, -0.05) is 0 Å². The number of nitrogens with one attached hydrogen (secondary N) is 1. The Morgan fingerprint density at radius 3 is 2.78 bits per heavy atom. The van der Waals surface area contributed by atoms with Gasteiger partial charge in [0.1, 0.15) is 4.33 Å². The number of nitro groups is 1. The van der Waals surface area contributed by atoms with E-state index in [0.717, 1.165) is 0 Å². The fourth-order valence-corrected chi connectivity index (χ4v) is 2.46. The van der Waals surface area contributed by atoms with Gasteiger partial charge in [-0.25, -0.2) is 4.79 Å². The van der Waals surface area contributed by atoms with Crippen LogP contribution < -0.4 is 5.32 Å². The molecule has 1 saturated carbocycles. The van der Waals surface area contributed by atoms with Crippen LogP contribution in [0.5, 0.6) is 0 Å². The molecule has 0 aromatic heterocycles. The van der Waals surface area contributed by atoms with Crippen molar-refractivity contribution in [3.63, 3.8) is 0 Å². The normalized spacial score (nSPS) is 18.3. The Labute approximate surface area is 143 Å². The summed E-state index contributed by atoms with van der Waals surface area (Å²) >= 11 is 11.8. The van der Waals surface area contributed by atoms with E-state index in [1.165, 1.54) is 18.2 Å². The third kappa shape index (κ3) is 4.70. The Kier molecular flexibility index (Phi) is 5.67. The third-order valence-corrected chi connectivity index (χ3v) is 4.35. The molecule has 1 fully saturated rings. The summed E-state index contributed by atoms with van der Waals surface area (Å²) in [4.78, 5) is 22.5. The minimum atomic E-state index is -0.845. The van der Waals surface area contributed by atoms with Gasteiger partial charge in [-0.05, 0) is 12.5 Å². The van der Waals surface area contributed by atoms with E-state index in [2.05, 4.69) is 5.32 Å². The number of benzene rings is 1. The first-order valence-corrected chi connectivity index (χ1v) is 7.67. The summed E-state index contributed by atoms with van der Waals surface area (Å²) in [5.41, 5.74) is 0.340. The van der Waals surface area contributed by atoms with Gasteiger partial charge in [-0.15, -0.1) is 23.2 Å². The predicted octanol–water partition coefficient (Wildman–Crippen LogP) is 3.00. The van der Waals surface area contributed by atoms with Gasteiger partial charge < -0.3 is 14.8 Å². The van der Waals surface area contributed by atoms with Crippen molar-refractivity contribution in [2.45, 2.75) is 10.8 Å². The average molecular weight is 363 g/mol. The van der Waals surface area contributed by atoms with Crippen molar-refractivity contribution >= 4 is 40.5 Å². The molecule has 0 saturated heterocycles. The summed E-state index contributed by atoms with van der Waals surface area (Å²) in [6.45, 7) is 0.949. The number of nitrogens with zero attached hydrogens (tertiary/aromatic N) is 1. The molecule has 126 valence electrons. The summed E-state index contributed by atoms with van der Waals surface area (Å²) in [7, 11) is 1.55. The lowest BCUT2D eigenvalue weighted by molar-refractivity contribution is -0.384. The molecule has 1 aliphatic rings. The monoisotopic (exact) mass is 362 g/mol. The lowest BCUT2D eigenvalue weighted by atomic mass is 10.1. The smallest absolute Gasteiger partial charge is 0.340 e. The van der Waals surface area contributed by atoms with Crippen LogP contribution in [0.25, 0.3) is 0 Å². The zero-order valence-corrected chi connectivity index (χ0v) is 13.9. The van der Waals surface area contributed by atoms with E-state index in [0.29, 0.717) is 25.3 Å². The number of halogens is 2. The average Bonchev–Trinajstić information content (AvgIpc) is 3.12. The molecule has 0 heterocycles. The van der Waals surface area contributed by atoms with Crippen LogP contribution in [0.1, 0.15) is 16.8 Å². The molecular formula is C14H16Cl2N2O5. The van der Waals surface area contributed by atoms with Crippen LogP contribution in [0.15, 0.2) is 18.2 Å². The minimum absolute atomic E-state index is 0.0754. The van der Waals surface area contributed by atoms with E-state index in [1.807, 2.05) is 0 Å². The van der Waals surface area contributed by atoms with Gasteiger partial charge in [-0.2, -0.15) is 0 Å². The Morgan fingerprint density at radius 1 is 1.52 bits per heavy atom. The third-order valence-electron chi connectivity index (χ3n) is 3.43. The van der Waals surface area contributed by atoms with Crippen molar-refractivity contribution in [3.8, 4) is 0 Å². The van der Waals surface area contributed by atoms with E-state index < -0.39 is 15.2 Å². The van der Waals surface area contributed by atoms with Crippen LogP contribution in [0.4, 0.5) is 11.4 Å². The molecule has 23 heavy (non-hydrogen) atoms. The topological polar surface area (TPSA) is 90.7 Å². The van der Waals surface area contributed by atoms with E-state index >= 15 is 0 Å². The van der Waals surface area contributed by atoms with Crippen LogP contribution in [-0.2, 0) is 9.47 Å². The second kappa shape index (κ2) is 7.33. The molecule has 0 bridgehead atoms. The Bertz CT molecular complexity index is 609. The number of ether oxygens (including phenoxy) is 2. The maximum absolute atomic E-state index is 12.2. The van der Waals surface area contributed by atoms with Crippen molar-refractivity contribution in [1.29, 1.82) is 0 Å². The highest BCUT2D eigenvalue weighted by Gasteiger charge is 2.52. The van der Waals surface area contributed by atoms with E-state index in [1.54, 1.807) is 7.11 Å². The number of nitro benzene ring substituents is 1. The second-order valence-electron chi connectivity index (χ2n) is 5.17. The summed E-state index contributed by atoms with van der Waals surface area (Å²) in [5, 5.41) is 13.9. The van der Waals surface area contributed by atoms with Crippen LogP contribution in [0.2, 0.25) is 0 Å². The van der Waals surface area contributed by atoms with Crippen molar-refractivity contribution in [2.75, 3.05) is 32.2 Å². The van der Waals surface area contributed by atoms with Crippen molar-refractivity contribution in [1.82, 2.24) is 0 Å². The lowest BCUT2D eigenvalue weighted by Gasteiger charge is -2.11. The number of carbonyl (C=O) groups is 1. The molecule has 1 atom stereocenters. The van der Waals surface area contributed by atoms with Crippen LogP contribution in [-0.4, -0.2) is 42.1 Å². The van der Waals surface area contributed by atoms with Crippen molar-refractivity contribution in [3.05, 3.63) is 33.9 Å². The number of esters is 1. The van der Waals surface area contributed by atoms with Crippen LogP contribution in [0.3, 0.4) is 0 Å². The molecule has 1 aromatic rings. The van der Waals surface area contributed by atoms with Crippen LogP contribution in [0, 0.1) is 16.0 Å². The second-order valence-corrected chi connectivity index (χ2v) is 6.71. The molecule has 1 aliphatic carbocycles. The molecule has 0 amide bonds. The highest BCUT2D eigenvalue weighted by atomic mass is 35.5. The SMILES string of the molecule is COCCNc1ccc([N+](=O)[O-])cc1C(=O)OCC1CC1(Cl)Cl. The fraction of sp³-hybridized carbons (Fsp3) is 0.500. The maximum Gasteiger partial charge on any atom is 0.340 e. The maximum atomic E-state index is 12.2. The molecule has 9 heteroatoms. The van der Waals surface area contributed by atoms with Crippen LogP contribution >= 0.6 is 23.2 Å². The highest BCUT2D eigenvalue weighted by Crippen LogP contribution is 2.53. The largest absolute Gasteiger partial charge is 0.462 e. The van der Waals surface area contributed by atoms with Gasteiger partial charge in [0.2, 0.25) is 0 Å². The van der Waals surface area contributed by atoms with E-state index in [4.69, 9.17) is 32.7 Å². The number of rotatable bonds is 8. The number of methoxy groups -OCH3 is 1. The van der Waals surface area contributed by atoms with Gasteiger partial charge in [0, 0.05) is 37.4 Å². The number of carbonyl (C=O) groups excluding carboxylic acids is 1. The lowest BCUT2D eigenvalue weighted by Crippen LogP contribution is -2.15. The molecule has 1 unspecified atom stereocenters. The molecule has 7 nitrogen and oxygen atoms in total. The number of non-ortho nitro benzene ring substituents is 1. The number of anilines is 1. The molecule has 1 N–H and O–H groups in total. The molecule has 2 rings (SSSR count). The molecule has 1 aromatic carbocycles. The Hall–Kier alpha value is -1.57. The fourth-order valence-electron chi connectivity index (χ4n) is 1.96. The van der Waals surface area contributed by atoms with Gasteiger partial charge in [0.05, 0.1) is 23.7 Å². The van der Waals surface area contributed by atoms with Gasteiger partial charge >= 0.3 is 5.97 Å². The zero-order valence-electron chi connectivity index (χ0n) is 12.4. The molecule has 0 radical (unpaired) electrons. The molecular weight excluding hydrogens is 347 g/mol. The Balaban J connectivity index is 2.09. The van der Waals surface area contributed by atoms with Gasteiger partial charge in [0.25, 0.3) is 5.69 Å². The summed E-state index contributed by atoms with van der Waals surface area (Å²) in [5.74, 6) is -0.775. The van der Waals surface area contributed by atoms with Crippen molar-refractivity contribution in [2.24, 2.45) is 5.92 Å². The first-order chi connectivity index (χ1) is 10.8. The molecule has 0 spiro atoms. The number of hydrogen-bond acceptors (Lipinski definition) is 6. The summed E-state index contributed by atoms with van der Waals surface area (Å²) in [6.07, 6.45) is 0.553. The quantitative estimate of drug-likeness (QED) is 0.251. The van der Waals surface area contributed by atoms with E-state index in [9.17, 15) is 14.9 Å². The van der Waals surface area contributed by atoms with Gasteiger partial charge in [0.15, 0.2) is 0 Å². The standard InChI is InChI=1S/C14H16Cl2N2O5/c1-22-5-4-17-12-3-2-10(18(20)21)6-11(12)13(19)23-8-9-7-14(9,15)16/h2-3,6,9,17H,4-5,7-8H2,1H3. The predicted molar refractivity (Wildman–Crippen MR) is 86.3 cm³/mol. The first-order valence-electron chi connectivity index (χ1n) is 6.91. The zero-order chi connectivity index (χ0) is 17.0. The number of hydrogen-bond donors (Lipinski definition) is 1. The summed E-state index contributed by atoms with van der Waals surface area (Å²) < 4.78 is 9.24.